The Kier molecular flexibility index (Phi) is 7.50. The van der Waals surface area contributed by atoms with Crippen LogP contribution in [0.25, 0.3) is 0 Å². The fourth-order valence-corrected chi connectivity index (χ4v) is 5.01. The van der Waals surface area contributed by atoms with E-state index in [0.29, 0.717) is 22.7 Å². The normalized spacial score (nSPS) is 17.8. The fourth-order valence-electron chi connectivity index (χ4n) is 4.84. The number of methoxy groups -OCH3 is 2. The second-order valence-electron chi connectivity index (χ2n) is 8.72. The van der Waals surface area contributed by atoms with Crippen molar-refractivity contribution < 1.29 is 33.7 Å². The highest BCUT2D eigenvalue weighted by Crippen LogP contribution is 2.47. The molecule has 2 amide bonds. The molecule has 4 rings (SSSR count). The number of carbonyl (C=O) groups is 3. The zero-order valence-electron chi connectivity index (χ0n) is 21.3. The minimum Gasteiger partial charge on any atom is -0.546 e. The van der Waals surface area contributed by atoms with E-state index >= 15 is 0 Å². The Morgan fingerprint density at radius 1 is 0.974 bits per heavy atom. The first-order valence-electron chi connectivity index (χ1n) is 11.6. The number of anilines is 1. The second kappa shape index (κ2) is 10.6. The minimum atomic E-state index is -1.87. The third-order valence-electron chi connectivity index (χ3n) is 6.59. The summed E-state index contributed by atoms with van der Waals surface area (Å²) in [5.74, 6) is -1.81. The number of ether oxygens (including phenoxy) is 3. The molecule has 10 heteroatoms. The molecule has 3 aromatic rings. The Bertz CT molecular complexity index is 1360. The van der Waals surface area contributed by atoms with E-state index in [1.807, 2.05) is 0 Å². The van der Waals surface area contributed by atoms with Crippen molar-refractivity contribution in [1.29, 1.82) is 0 Å². The van der Waals surface area contributed by atoms with E-state index in [-0.39, 0.29) is 16.3 Å². The Labute approximate surface area is 225 Å². The average Bonchev–Trinajstić information content (AvgIpc) is 3.00. The Hall–Kier alpha value is -4.24. The number of carboxylic acids is 1. The first-order chi connectivity index (χ1) is 18.1. The summed E-state index contributed by atoms with van der Waals surface area (Å²) in [6.07, 6.45) is -1.85. The number of fused-ring (bicyclic) bond motifs is 1. The van der Waals surface area contributed by atoms with Crippen molar-refractivity contribution in [1.82, 2.24) is 4.90 Å². The van der Waals surface area contributed by atoms with Gasteiger partial charge < -0.3 is 33.9 Å². The van der Waals surface area contributed by atoms with Crippen LogP contribution < -0.4 is 24.2 Å². The van der Waals surface area contributed by atoms with Gasteiger partial charge in [-0.3, -0.25) is 9.59 Å². The summed E-state index contributed by atoms with van der Waals surface area (Å²) in [5, 5.41) is 13.3. The van der Waals surface area contributed by atoms with Gasteiger partial charge in [0.05, 0.1) is 20.2 Å². The monoisotopic (exact) mass is 537 g/mol. The summed E-state index contributed by atoms with van der Waals surface area (Å²) >= 11 is 6.44. The standard InChI is InChI=1S/C28H27ClN2O7/c1-17(32)31-16-25(33)30(2)24-11-10-19(29)12-23(24)28(31,18-8-6-5-7-9-18)26(27(34)35)38-22-14-20(36-3)13-21(15-22)37-4/h5-15,26H,16H2,1-4H3,(H,34,35)/p-1/t26-,28+/m1/s1. The average molecular weight is 538 g/mol. The van der Waals surface area contributed by atoms with Gasteiger partial charge in [-0.05, 0) is 23.8 Å². The lowest BCUT2D eigenvalue weighted by atomic mass is 9.75. The van der Waals surface area contributed by atoms with Crippen molar-refractivity contribution in [3.63, 3.8) is 0 Å². The molecule has 3 aromatic carbocycles. The van der Waals surface area contributed by atoms with Crippen LogP contribution in [0.3, 0.4) is 0 Å². The lowest BCUT2D eigenvalue weighted by Gasteiger charge is -2.48. The molecule has 0 bridgehead atoms. The number of benzene rings is 3. The van der Waals surface area contributed by atoms with E-state index in [1.165, 1.54) is 43.1 Å². The summed E-state index contributed by atoms with van der Waals surface area (Å²) in [4.78, 5) is 42.2. The molecule has 2 atom stereocenters. The molecule has 1 aliphatic heterocycles. The van der Waals surface area contributed by atoms with Crippen molar-refractivity contribution in [2.45, 2.75) is 18.6 Å². The summed E-state index contributed by atoms with van der Waals surface area (Å²) in [7, 11) is 4.45. The largest absolute Gasteiger partial charge is 0.546 e. The zero-order valence-corrected chi connectivity index (χ0v) is 22.0. The van der Waals surface area contributed by atoms with E-state index in [4.69, 9.17) is 25.8 Å². The molecule has 0 fully saturated rings. The highest BCUT2D eigenvalue weighted by molar-refractivity contribution is 6.30. The van der Waals surface area contributed by atoms with Crippen LogP contribution in [0.15, 0.2) is 66.7 Å². The number of hydrogen-bond acceptors (Lipinski definition) is 7. The van der Waals surface area contributed by atoms with Gasteiger partial charge in [0.2, 0.25) is 11.8 Å². The number of likely N-dealkylation sites (N-methyl/N-ethyl adjacent to an activating group) is 1. The summed E-state index contributed by atoms with van der Waals surface area (Å²) in [5.41, 5.74) is -0.845. The third-order valence-corrected chi connectivity index (χ3v) is 6.83. The smallest absolute Gasteiger partial charge is 0.246 e. The molecule has 0 radical (unpaired) electrons. The lowest BCUT2D eigenvalue weighted by Crippen LogP contribution is -2.64. The molecular formula is C28H26ClN2O7-. The Morgan fingerprint density at radius 3 is 2.13 bits per heavy atom. The van der Waals surface area contributed by atoms with Crippen LogP contribution in [0, 0.1) is 0 Å². The number of carbonyl (C=O) groups excluding carboxylic acids is 3. The van der Waals surface area contributed by atoms with E-state index in [2.05, 4.69) is 0 Å². The fraction of sp³-hybridized carbons (Fsp3) is 0.250. The van der Waals surface area contributed by atoms with E-state index in [9.17, 15) is 19.5 Å². The molecule has 1 heterocycles. The first-order valence-corrected chi connectivity index (χ1v) is 12.0. The van der Waals surface area contributed by atoms with Gasteiger partial charge in [-0.15, -0.1) is 0 Å². The van der Waals surface area contributed by atoms with Crippen molar-refractivity contribution in [2.75, 3.05) is 32.7 Å². The van der Waals surface area contributed by atoms with Crippen molar-refractivity contribution in [3.05, 3.63) is 82.9 Å². The molecule has 0 spiro atoms. The van der Waals surface area contributed by atoms with E-state index in [1.54, 1.807) is 61.6 Å². The quantitative estimate of drug-likeness (QED) is 0.456. The molecule has 0 N–H and O–H groups in total. The molecule has 38 heavy (non-hydrogen) atoms. The maximum absolute atomic E-state index is 13.3. The van der Waals surface area contributed by atoms with E-state index in [0.717, 1.165) is 0 Å². The van der Waals surface area contributed by atoms with Crippen LogP contribution in [-0.4, -0.2) is 56.6 Å². The molecule has 1 aliphatic rings. The van der Waals surface area contributed by atoms with Crippen LogP contribution in [0.5, 0.6) is 17.2 Å². The van der Waals surface area contributed by atoms with Gasteiger partial charge in [-0.25, -0.2) is 0 Å². The predicted molar refractivity (Wildman–Crippen MR) is 138 cm³/mol. The predicted octanol–water partition coefficient (Wildman–Crippen LogP) is 2.62. The maximum Gasteiger partial charge on any atom is 0.246 e. The molecule has 198 valence electrons. The van der Waals surface area contributed by atoms with Crippen LogP contribution in [0.4, 0.5) is 5.69 Å². The van der Waals surface area contributed by atoms with Crippen LogP contribution in [-0.2, 0) is 19.9 Å². The number of hydrogen-bond donors (Lipinski definition) is 0. The number of carboxylic acid groups (broad SMARTS) is 1. The summed E-state index contributed by atoms with van der Waals surface area (Å²) in [6.45, 7) is 0.836. The summed E-state index contributed by atoms with van der Waals surface area (Å²) in [6, 6.07) is 17.8. The van der Waals surface area contributed by atoms with Gasteiger partial charge in [0.25, 0.3) is 0 Å². The molecule has 0 aliphatic carbocycles. The van der Waals surface area contributed by atoms with Gasteiger partial charge in [-0.2, -0.15) is 0 Å². The third kappa shape index (κ3) is 4.61. The van der Waals surface area contributed by atoms with Crippen LogP contribution >= 0.6 is 11.6 Å². The topological polar surface area (TPSA) is 108 Å². The van der Waals surface area contributed by atoms with Gasteiger partial charge in [0, 0.05) is 48.4 Å². The zero-order chi connectivity index (χ0) is 27.6. The minimum absolute atomic E-state index is 0.0849. The number of halogens is 1. The van der Waals surface area contributed by atoms with Crippen LogP contribution in [0.1, 0.15) is 18.1 Å². The molecule has 0 saturated carbocycles. The molecular weight excluding hydrogens is 512 g/mol. The van der Waals surface area contributed by atoms with Gasteiger partial charge >= 0.3 is 0 Å². The van der Waals surface area contributed by atoms with Crippen molar-refractivity contribution >= 4 is 35.1 Å². The highest BCUT2D eigenvalue weighted by atomic mass is 35.5. The molecule has 0 aromatic heterocycles. The molecule has 0 unspecified atom stereocenters. The highest BCUT2D eigenvalue weighted by Gasteiger charge is 2.54. The number of amides is 2. The molecule has 9 nitrogen and oxygen atoms in total. The second-order valence-corrected chi connectivity index (χ2v) is 9.15. The van der Waals surface area contributed by atoms with Gasteiger partial charge in [-0.1, -0.05) is 41.9 Å². The maximum atomic E-state index is 13.3. The first kappa shape index (κ1) is 26.8. The Balaban J connectivity index is 2.11. The lowest BCUT2D eigenvalue weighted by molar-refractivity contribution is -0.317. The number of nitrogens with zero attached hydrogens (tertiary/aromatic N) is 2. The SMILES string of the molecule is COc1cc(OC)cc(O[C@H](C(=O)[O-])[C@]2(c3ccccc3)c3cc(Cl)ccc3N(C)C(=O)CN2C(C)=O)c1. The Morgan fingerprint density at radius 2 is 1.58 bits per heavy atom. The molecule has 0 saturated heterocycles. The van der Waals surface area contributed by atoms with E-state index < -0.39 is 36.0 Å². The van der Waals surface area contributed by atoms with Crippen LogP contribution in [0.2, 0.25) is 5.02 Å². The summed E-state index contributed by atoms with van der Waals surface area (Å²) < 4.78 is 16.8. The van der Waals surface area contributed by atoms with Gasteiger partial charge in [0.1, 0.15) is 29.3 Å². The number of aliphatic carboxylic acids is 1. The van der Waals surface area contributed by atoms with Crippen molar-refractivity contribution in [3.8, 4) is 17.2 Å². The van der Waals surface area contributed by atoms with Crippen molar-refractivity contribution in [2.24, 2.45) is 0 Å². The van der Waals surface area contributed by atoms with Gasteiger partial charge in [0.15, 0.2) is 6.10 Å². The number of rotatable bonds is 7.